The molecule has 0 aromatic heterocycles. The van der Waals surface area contributed by atoms with Crippen LogP contribution in [0, 0.1) is 0 Å². The van der Waals surface area contributed by atoms with Crippen LogP contribution in [0.15, 0.2) is 12.2 Å². The quantitative estimate of drug-likeness (QED) is 0.0261. The number of carboxylic acid groups (broad SMARTS) is 1. The zero-order chi connectivity index (χ0) is 45.3. The summed E-state index contributed by atoms with van der Waals surface area (Å²) < 4.78 is 21.8. The summed E-state index contributed by atoms with van der Waals surface area (Å²) in [6, 6.07) is 0. The Kier molecular flexibility index (Phi) is 38.9. The number of hydrogen-bond donors (Lipinski definition) is 4. The minimum absolute atomic E-state index is 0.188. The van der Waals surface area contributed by atoms with Crippen molar-refractivity contribution in [2.75, 3.05) is 13.2 Å². The first-order valence-electron chi connectivity index (χ1n) is 25.7. The zero-order valence-electron chi connectivity index (χ0n) is 39.6. The summed E-state index contributed by atoms with van der Waals surface area (Å²) in [5.74, 6) is -2.43. The molecule has 0 aliphatic carbocycles. The largest absolute Gasteiger partial charge is 0.479 e. The van der Waals surface area contributed by atoms with E-state index < -0.39 is 54.7 Å². The first-order valence-corrected chi connectivity index (χ1v) is 25.7. The molecule has 6 atom stereocenters. The van der Waals surface area contributed by atoms with Crippen LogP contribution in [0.2, 0.25) is 0 Å². The number of rotatable bonds is 44. The van der Waals surface area contributed by atoms with Crippen molar-refractivity contribution in [3.05, 3.63) is 12.2 Å². The molecule has 1 aliphatic heterocycles. The van der Waals surface area contributed by atoms with Crippen LogP contribution in [0.3, 0.4) is 0 Å². The van der Waals surface area contributed by atoms with E-state index in [-0.39, 0.29) is 26.1 Å². The fraction of sp³-hybridized carbons (Fsp3) is 0.902. The lowest BCUT2D eigenvalue weighted by Gasteiger charge is -2.38. The molecule has 1 heterocycles. The van der Waals surface area contributed by atoms with E-state index in [4.69, 9.17) is 18.9 Å². The second-order valence-corrected chi connectivity index (χ2v) is 18.0. The highest BCUT2D eigenvalue weighted by atomic mass is 16.7. The van der Waals surface area contributed by atoms with Gasteiger partial charge in [0.05, 0.1) is 6.61 Å². The Morgan fingerprint density at radius 3 is 1.26 bits per heavy atom. The van der Waals surface area contributed by atoms with Gasteiger partial charge in [-0.15, -0.1) is 0 Å². The van der Waals surface area contributed by atoms with Gasteiger partial charge in [0.15, 0.2) is 18.5 Å². The third-order valence-corrected chi connectivity index (χ3v) is 12.1. The number of aliphatic hydroxyl groups excluding tert-OH is 3. The van der Waals surface area contributed by atoms with E-state index in [1.54, 1.807) is 0 Å². The minimum Gasteiger partial charge on any atom is -0.479 e. The van der Waals surface area contributed by atoms with Crippen molar-refractivity contribution in [3.8, 4) is 0 Å². The third kappa shape index (κ3) is 32.6. The molecule has 0 aromatic rings. The van der Waals surface area contributed by atoms with Crippen molar-refractivity contribution in [2.24, 2.45) is 0 Å². The minimum atomic E-state index is -1.86. The van der Waals surface area contributed by atoms with Crippen LogP contribution < -0.4 is 0 Å². The normalized spacial score (nSPS) is 19.5. The second kappa shape index (κ2) is 41.6. The summed E-state index contributed by atoms with van der Waals surface area (Å²) in [5.41, 5.74) is 0. The smallest absolute Gasteiger partial charge is 0.335 e. The zero-order valence-corrected chi connectivity index (χ0v) is 39.6. The fourth-order valence-electron chi connectivity index (χ4n) is 8.05. The maximum Gasteiger partial charge on any atom is 0.335 e. The molecule has 0 spiro atoms. The first-order chi connectivity index (χ1) is 30.2. The molecule has 0 radical (unpaired) electrons. The highest BCUT2D eigenvalue weighted by Crippen LogP contribution is 2.23. The van der Waals surface area contributed by atoms with Gasteiger partial charge in [0.2, 0.25) is 0 Å². The Morgan fingerprint density at radius 1 is 0.484 bits per heavy atom. The molecule has 0 aromatic carbocycles. The van der Waals surface area contributed by atoms with Crippen LogP contribution in [0.5, 0.6) is 0 Å². The summed E-state index contributed by atoms with van der Waals surface area (Å²) in [7, 11) is 0. The Labute approximate surface area is 377 Å². The van der Waals surface area contributed by atoms with E-state index in [0.29, 0.717) is 12.8 Å². The van der Waals surface area contributed by atoms with E-state index in [2.05, 4.69) is 26.0 Å². The first kappa shape index (κ1) is 58.0. The van der Waals surface area contributed by atoms with Crippen molar-refractivity contribution in [2.45, 2.75) is 282 Å². The van der Waals surface area contributed by atoms with E-state index in [0.717, 1.165) is 44.9 Å². The second-order valence-electron chi connectivity index (χ2n) is 18.0. The summed E-state index contributed by atoms with van der Waals surface area (Å²) >= 11 is 0. The Bertz CT molecular complexity index is 1080. The predicted octanol–water partition coefficient (Wildman–Crippen LogP) is 12.0. The lowest BCUT2D eigenvalue weighted by molar-refractivity contribution is -0.298. The summed E-state index contributed by atoms with van der Waals surface area (Å²) in [6.45, 7) is 3.85. The molecule has 0 saturated carbocycles. The molecule has 1 saturated heterocycles. The highest BCUT2D eigenvalue weighted by molar-refractivity contribution is 5.73. The average Bonchev–Trinajstić information content (AvgIpc) is 3.26. The molecule has 0 bridgehead atoms. The van der Waals surface area contributed by atoms with Crippen LogP contribution in [-0.4, -0.2) is 88.4 Å². The molecule has 11 heteroatoms. The standard InChI is InChI=1S/C51H94O11/c1-3-5-7-9-11-13-15-17-19-21-22-24-26-28-30-32-34-36-38-40-45(53)61-43(42-60-51-48(56)46(54)47(55)49(62-51)50(57)58)41-59-44(52)39-37-35-33-31-29-27-25-23-20-18-16-14-12-10-8-6-4-2/h18,20,43,46-49,51,54-56H,3-17,19,21-42H2,1-2H3,(H,57,58)/b20-18-. The van der Waals surface area contributed by atoms with Crippen molar-refractivity contribution in [3.63, 3.8) is 0 Å². The SMILES string of the molecule is CCCCCCCC/C=C\CCCCCCCCCC(=O)OCC(COC1OC(C(=O)O)C(O)C(O)C1O)OC(=O)CCCCCCCCCCCCCCCCCCCCC. The maximum atomic E-state index is 12.8. The van der Waals surface area contributed by atoms with Crippen LogP contribution in [0.4, 0.5) is 0 Å². The van der Waals surface area contributed by atoms with Gasteiger partial charge < -0.3 is 39.4 Å². The van der Waals surface area contributed by atoms with Gasteiger partial charge in [-0.05, 0) is 38.5 Å². The monoisotopic (exact) mass is 883 g/mol. The Hall–Kier alpha value is -2.05. The number of aliphatic hydroxyl groups is 3. The van der Waals surface area contributed by atoms with Crippen molar-refractivity contribution in [1.29, 1.82) is 0 Å². The molecule has 0 amide bonds. The number of carbonyl (C=O) groups is 3. The Balaban J connectivity index is 2.29. The molecule has 1 aliphatic rings. The molecule has 62 heavy (non-hydrogen) atoms. The van der Waals surface area contributed by atoms with Gasteiger partial charge in [0, 0.05) is 12.8 Å². The van der Waals surface area contributed by atoms with E-state index in [1.165, 1.54) is 161 Å². The highest BCUT2D eigenvalue weighted by Gasteiger charge is 2.47. The van der Waals surface area contributed by atoms with Crippen molar-refractivity contribution >= 4 is 17.9 Å². The number of carboxylic acids is 1. The van der Waals surface area contributed by atoms with E-state index in [9.17, 15) is 34.8 Å². The number of carbonyl (C=O) groups excluding carboxylic acids is 2. The molecule has 1 rings (SSSR count). The number of aliphatic carboxylic acids is 1. The Morgan fingerprint density at radius 2 is 0.855 bits per heavy atom. The number of hydrogen-bond acceptors (Lipinski definition) is 10. The fourth-order valence-corrected chi connectivity index (χ4v) is 8.05. The van der Waals surface area contributed by atoms with Gasteiger partial charge in [-0.3, -0.25) is 9.59 Å². The average molecular weight is 883 g/mol. The van der Waals surface area contributed by atoms with E-state index >= 15 is 0 Å². The lowest BCUT2D eigenvalue weighted by atomic mass is 9.99. The maximum absolute atomic E-state index is 12.8. The topological polar surface area (TPSA) is 169 Å². The molecule has 11 nitrogen and oxygen atoms in total. The van der Waals surface area contributed by atoms with Gasteiger partial charge in [0.25, 0.3) is 0 Å². The predicted molar refractivity (Wildman–Crippen MR) is 248 cm³/mol. The van der Waals surface area contributed by atoms with Crippen molar-refractivity contribution < 1.29 is 53.8 Å². The van der Waals surface area contributed by atoms with Crippen molar-refractivity contribution in [1.82, 2.24) is 0 Å². The number of esters is 2. The van der Waals surface area contributed by atoms with Gasteiger partial charge in [-0.25, -0.2) is 4.79 Å². The molecule has 364 valence electrons. The van der Waals surface area contributed by atoms with Gasteiger partial charge >= 0.3 is 17.9 Å². The van der Waals surface area contributed by atoms with Gasteiger partial charge in [0.1, 0.15) is 24.9 Å². The van der Waals surface area contributed by atoms with Gasteiger partial charge in [-0.1, -0.05) is 206 Å². The third-order valence-electron chi connectivity index (χ3n) is 12.1. The summed E-state index contributed by atoms with van der Waals surface area (Å²) in [5, 5.41) is 39.9. The summed E-state index contributed by atoms with van der Waals surface area (Å²) in [6.07, 6.45) is 36.9. The van der Waals surface area contributed by atoms with E-state index in [1.807, 2.05) is 0 Å². The number of unbranched alkanes of at least 4 members (excludes halogenated alkanes) is 31. The number of ether oxygens (including phenoxy) is 4. The molecule has 6 unspecified atom stereocenters. The molecule has 4 N–H and O–H groups in total. The van der Waals surface area contributed by atoms with Crippen LogP contribution >= 0.6 is 0 Å². The van der Waals surface area contributed by atoms with Crippen LogP contribution in [-0.2, 0) is 33.3 Å². The number of allylic oxidation sites excluding steroid dienone is 2. The van der Waals surface area contributed by atoms with Crippen LogP contribution in [0.1, 0.15) is 245 Å². The lowest BCUT2D eigenvalue weighted by Crippen LogP contribution is -2.60. The molecular weight excluding hydrogens is 789 g/mol. The summed E-state index contributed by atoms with van der Waals surface area (Å²) in [4.78, 5) is 37.0. The van der Waals surface area contributed by atoms with Gasteiger partial charge in [-0.2, -0.15) is 0 Å². The van der Waals surface area contributed by atoms with Crippen LogP contribution in [0.25, 0.3) is 0 Å². The molecular formula is C51H94O11. The molecule has 1 fully saturated rings.